The van der Waals surface area contributed by atoms with E-state index < -0.39 is 28.4 Å². The summed E-state index contributed by atoms with van der Waals surface area (Å²) in [7, 11) is -3.89. The Morgan fingerprint density at radius 3 is 2.32 bits per heavy atom. The summed E-state index contributed by atoms with van der Waals surface area (Å²) in [5, 5.41) is 19.1. The van der Waals surface area contributed by atoms with Crippen LogP contribution in [0.25, 0.3) is 0 Å². The lowest BCUT2D eigenvalue weighted by molar-refractivity contribution is -0.0232. The molecule has 19 heavy (non-hydrogen) atoms. The van der Waals surface area contributed by atoms with Gasteiger partial charge < -0.3 is 10.2 Å². The molecule has 0 fully saturated rings. The monoisotopic (exact) mass is 288 g/mol. The molecule has 6 heteroatoms. The minimum absolute atomic E-state index is 0.0381. The topological polar surface area (TPSA) is 83.8 Å². The Labute approximate surface area is 114 Å². The molecule has 0 saturated carbocycles. The summed E-state index contributed by atoms with van der Waals surface area (Å²) < 4.78 is 28.6. The van der Waals surface area contributed by atoms with E-state index in [2.05, 4.69) is 0 Å². The van der Waals surface area contributed by atoms with Crippen molar-refractivity contribution in [2.45, 2.75) is 43.8 Å². The Bertz CT molecular complexity index is 502. The van der Waals surface area contributed by atoms with Crippen LogP contribution in [0.15, 0.2) is 29.2 Å². The van der Waals surface area contributed by atoms with Crippen LogP contribution in [-0.4, -0.2) is 36.9 Å². The lowest BCUT2D eigenvalue weighted by atomic mass is 10.0. The van der Waals surface area contributed by atoms with Crippen molar-refractivity contribution in [1.29, 1.82) is 0 Å². The summed E-state index contributed by atoms with van der Waals surface area (Å²) in [5.41, 5.74) is -0.452. The van der Waals surface area contributed by atoms with E-state index in [9.17, 15) is 18.6 Å². The number of aryl methyl sites for hydroxylation is 1. The van der Waals surface area contributed by atoms with Crippen molar-refractivity contribution in [3.63, 3.8) is 0 Å². The van der Waals surface area contributed by atoms with E-state index in [1.165, 1.54) is 26.0 Å². The molecule has 1 aromatic rings. The summed E-state index contributed by atoms with van der Waals surface area (Å²) in [4.78, 5) is 0.0472. The molecule has 1 rings (SSSR count). The van der Waals surface area contributed by atoms with Gasteiger partial charge >= 0.3 is 0 Å². The van der Waals surface area contributed by atoms with E-state index >= 15 is 0 Å². The van der Waals surface area contributed by atoms with E-state index in [4.69, 9.17) is 4.18 Å². The third-order valence-corrected chi connectivity index (χ3v) is 3.85. The van der Waals surface area contributed by atoms with E-state index in [1.54, 1.807) is 12.1 Å². The highest BCUT2D eigenvalue weighted by Crippen LogP contribution is 2.18. The van der Waals surface area contributed by atoms with Crippen molar-refractivity contribution >= 4 is 10.1 Å². The number of aliphatic hydroxyl groups excluding tert-OH is 1. The van der Waals surface area contributed by atoms with Crippen LogP contribution in [0.3, 0.4) is 0 Å². The van der Waals surface area contributed by atoms with Gasteiger partial charge in [-0.1, -0.05) is 17.7 Å². The van der Waals surface area contributed by atoms with Gasteiger partial charge in [-0.25, -0.2) is 0 Å². The molecule has 0 amide bonds. The third kappa shape index (κ3) is 5.28. The molecule has 0 aromatic heterocycles. The third-order valence-electron chi connectivity index (χ3n) is 2.57. The van der Waals surface area contributed by atoms with Crippen LogP contribution in [0.5, 0.6) is 0 Å². The molecule has 0 bridgehead atoms. The number of aliphatic hydroxyl groups is 2. The second-order valence-electron chi connectivity index (χ2n) is 5.08. The van der Waals surface area contributed by atoms with Gasteiger partial charge in [-0.15, -0.1) is 0 Å². The summed E-state index contributed by atoms with van der Waals surface area (Å²) >= 11 is 0. The minimum Gasteiger partial charge on any atom is -0.393 e. The normalized spacial score (nSPS) is 16.9. The van der Waals surface area contributed by atoms with Gasteiger partial charge in [-0.2, -0.15) is 8.42 Å². The zero-order valence-electron chi connectivity index (χ0n) is 11.3. The van der Waals surface area contributed by atoms with Gasteiger partial charge in [0.1, 0.15) is 0 Å². The van der Waals surface area contributed by atoms with E-state index in [-0.39, 0.29) is 11.3 Å². The largest absolute Gasteiger partial charge is 0.393 e. The summed E-state index contributed by atoms with van der Waals surface area (Å²) in [6, 6.07) is 6.25. The molecule has 1 aromatic carbocycles. The predicted molar refractivity (Wildman–Crippen MR) is 71.2 cm³/mol. The van der Waals surface area contributed by atoms with Crippen LogP contribution in [0.4, 0.5) is 0 Å². The molecule has 0 aliphatic carbocycles. The van der Waals surface area contributed by atoms with Gasteiger partial charge in [0, 0.05) is 6.42 Å². The molecular formula is C13H20O5S. The second kappa shape index (κ2) is 6.00. The molecule has 2 atom stereocenters. The SMILES string of the molecule is Cc1ccc(S(=O)(=O)OC[C@@](C)(O)C[C@@H](C)O)cc1. The molecule has 0 aliphatic rings. The second-order valence-corrected chi connectivity index (χ2v) is 6.69. The number of rotatable bonds is 6. The summed E-state index contributed by atoms with van der Waals surface area (Å²) in [6.45, 7) is 4.39. The lowest BCUT2D eigenvalue weighted by Gasteiger charge is -2.24. The van der Waals surface area contributed by atoms with Crippen LogP contribution in [0.2, 0.25) is 0 Å². The fourth-order valence-corrected chi connectivity index (χ4v) is 2.69. The predicted octanol–water partition coefficient (Wildman–Crippen LogP) is 1.22. The molecule has 0 heterocycles. The minimum atomic E-state index is -3.89. The number of hydrogen-bond donors (Lipinski definition) is 2. The average Bonchev–Trinajstić information content (AvgIpc) is 2.26. The maximum absolute atomic E-state index is 11.9. The fourth-order valence-electron chi connectivity index (χ4n) is 1.67. The van der Waals surface area contributed by atoms with Crippen LogP contribution in [0.1, 0.15) is 25.8 Å². The first kappa shape index (κ1) is 16.1. The number of benzene rings is 1. The highest BCUT2D eigenvalue weighted by atomic mass is 32.2. The summed E-state index contributed by atoms with van der Waals surface area (Å²) in [5.74, 6) is 0. The van der Waals surface area contributed by atoms with Crippen molar-refractivity contribution < 1.29 is 22.8 Å². The zero-order valence-corrected chi connectivity index (χ0v) is 12.1. The maximum atomic E-state index is 11.9. The Balaban J connectivity index is 2.73. The van der Waals surface area contributed by atoms with Crippen molar-refractivity contribution in [3.8, 4) is 0 Å². The lowest BCUT2D eigenvalue weighted by Crippen LogP contribution is -2.35. The molecule has 0 unspecified atom stereocenters. The quantitative estimate of drug-likeness (QED) is 0.769. The van der Waals surface area contributed by atoms with Gasteiger partial charge in [0.05, 0.1) is 23.2 Å². The Kier molecular flexibility index (Phi) is 5.09. The Hall–Kier alpha value is -0.950. The van der Waals surface area contributed by atoms with Crippen LogP contribution < -0.4 is 0 Å². The van der Waals surface area contributed by atoms with Crippen molar-refractivity contribution in [1.82, 2.24) is 0 Å². The van der Waals surface area contributed by atoms with E-state index in [1.807, 2.05) is 6.92 Å². The first-order valence-electron chi connectivity index (χ1n) is 5.99. The molecule has 0 radical (unpaired) electrons. The van der Waals surface area contributed by atoms with Gasteiger partial charge in [0.15, 0.2) is 0 Å². The smallest absolute Gasteiger partial charge is 0.297 e. The van der Waals surface area contributed by atoms with Crippen molar-refractivity contribution in [2.75, 3.05) is 6.61 Å². The first-order chi connectivity index (χ1) is 8.62. The molecule has 0 spiro atoms. The maximum Gasteiger partial charge on any atom is 0.297 e. The Morgan fingerprint density at radius 2 is 1.84 bits per heavy atom. The van der Waals surface area contributed by atoms with Gasteiger partial charge in [-0.05, 0) is 32.9 Å². The molecule has 108 valence electrons. The first-order valence-corrected chi connectivity index (χ1v) is 7.40. The van der Waals surface area contributed by atoms with Gasteiger partial charge in [0.25, 0.3) is 10.1 Å². The van der Waals surface area contributed by atoms with Crippen LogP contribution >= 0.6 is 0 Å². The fraction of sp³-hybridized carbons (Fsp3) is 0.538. The zero-order chi connectivity index (χ0) is 14.7. The van der Waals surface area contributed by atoms with E-state index in [0.717, 1.165) is 5.56 Å². The van der Waals surface area contributed by atoms with Gasteiger partial charge in [0.2, 0.25) is 0 Å². The molecule has 0 aliphatic heterocycles. The van der Waals surface area contributed by atoms with Crippen LogP contribution in [0, 0.1) is 6.92 Å². The average molecular weight is 288 g/mol. The highest BCUT2D eigenvalue weighted by Gasteiger charge is 2.27. The van der Waals surface area contributed by atoms with E-state index in [0.29, 0.717) is 0 Å². The Morgan fingerprint density at radius 1 is 1.32 bits per heavy atom. The van der Waals surface area contributed by atoms with Crippen LogP contribution in [-0.2, 0) is 14.3 Å². The molecule has 0 saturated heterocycles. The van der Waals surface area contributed by atoms with Crippen molar-refractivity contribution in [3.05, 3.63) is 29.8 Å². The van der Waals surface area contributed by atoms with Crippen molar-refractivity contribution in [2.24, 2.45) is 0 Å². The van der Waals surface area contributed by atoms with Gasteiger partial charge in [-0.3, -0.25) is 4.18 Å². The number of hydrogen-bond acceptors (Lipinski definition) is 5. The standard InChI is InChI=1S/C13H20O5S/c1-10-4-6-12(7-5-10)19(16,17)18-9-13(3,15)8-11(2)14/h4-7,11,14-15H,8-9H2,1-3H3/t11-,13+/m1/s1. The molecule has 5 nitrogen and oxygen atoms in total. The summed E-state index contributed by atoms with van der Waals surface area (Å²) in [6.07, 6.45) is -0.697. The highest BCUT2D eigenvalue weighted by molar-refractivity contribution is 7.86. The molecule has 2 N–H and O–H groups in total. The molecular weight excluding hydrogens is 268 g/mol.